The average Bonchev–Trinajstić information content (AvgIpc) is 2.66. The van der Waals surface area contributed by atoms with Crippen LogP contribution in [0.2, 0.25) is 10.0 Å². The minimum absolute atomic E-state index is 0.0617. The predicted octanol–water partition coefficient (Wildman–Crippen LogP) is 4.67. The fraction of sp³-hybridized carbons (Fsp3) is 0.278. The molecule has 30 heavy (non-hydrogen) atoms. The summed E-state index contributed by atoms with van der Waals surface area (Å²) in [6, 6.07) is 6.68. The standard InChI is InChI=1S/C18H17Cl2F3N2O4S/c1-3-25(30(27,28)12-5-7-16(29-2)15(20)9-12)10-17(26)24-11-4-6-14(19)13(8-11)18(21,22)23/h4-9H,3,10H2,1-2H3,(H,24,26). The number of carbonyl (C=O) groups is 1. The number of nitrogens with one attached hydrogen (secondary N) is 1. The van der Waals surface area contributed by atoms with Crippen LogP contribution in [-0.2, 0) is 21.0 Å². The van der Waals surface area contributed by atoms with Gasteiger partial charge in [-0.15, -0.1) is 0 Å². The van der Waals surface area contributed by atoms with Crippen molar-refractivity contribution in [1.29, 1.82) is 0 Å². The number of halogens is 5. The van der Waals surface area contributed by atoms with E-state index >= 15 is 0 Å². The van der Waals surface area contributed by atoms with Crippen LogP contribution in [0.5, 0.6) is 5.75 Å². The van der Waals surface area contributed by atoms with Crippen molar-refractivity contribution in [1.82, 2.24) is 4.31 Å². The summed E-state index contributed by atoms with van der Waals surface area (Å²) in [6.07, 6.45) is -4.70. The molecule has 0 spiro atoms. The number of amides is 1. The third-order valence-corrected chi connectivity index (χ3v) is 6.53. The first-order chi connectivity index (χ1) is 13.9. The van der Waals surface area contributed by atoms with Crippen molar-refractivity contribution in [2.75, 3.05) is 25.5 Å². The highest BCUT2D eigenvalue weighted by Crippen LogP contribution is 2.36. The third kappa shape index (κ3) is 5.57. The lowest BCUT2D eigenvalue weighted by atomic mass is 10.2. The number of anilines is 1. The van der Waals surface area contributed by atoms with Gasteiger partial charge in [-0.1, -0.05) is 30.1 Å². The Morgan fingerprint density at radius 3 is 2.33 bits per heavy atom. The smallest absolute Gasteiger partial charge is 0.417 e. The molecule has 0 fully saturated rings. The number of methoxy groups -OCH3 is 1. The van der Waals surface area contributed by atoms with Gasteiger partial charge in [0.2, 0.25) is 15.9 Å². The molecule has 12 heteroatoms. The largest absolute Gasteiger partial charge is 0.495 e. The molecule has 164 valence electrons. The zero-order valence-electron chi connectivity index (χ0n) is 15.8. The molecule has 0 unspecified atom stereocenters. The number of likely N-dealkylation sites (N-methyl/N-ethyl adjacent to an activating group) is 1. The normalized spacial score (nSPS) is 12.1. The molecule has 2 aromatic carbocycles. The van der Waals surface area contributed by atoms with Gasteiger partial charge >= 0.3 is 6.18 Å². The van der Waals surface area contributed by atoms with Gasteiger partial charge in [-0.2, -0.15) is 17.5 Å². The number of sulfonamides is 1. The lowest BCUT2D eigenvalue weighted by molar-refractivity contribution is -0.137. The Morgan fingerprint density at radius 2 is 1.80 bits per heavy atom. The van der Waals surface area contributed by atoms with E-state index in [1.165, 1.54) is 38.3 Å². The fourth-order valence-corrected chi connectivity index (χ4v) is 4.48. The molecule has 0 bridgehead atoms. The molecule has 2 rings (SSSR count). The number of alkyl halides is 3. The first kappa shape index (κ1) is 24.3. The summed E-state index contributed by atoms with van der Waals surface area (Å²) >= 11 is 11.5. The second-order valence-electron chi connectivity index (χ2n) is 5.97. The molecule has 2 aromatic rings. The first-order valence-electron chi connectivity index (χ1n) is 8.40. The zero-order chi connectivity index (χ0) is 22.7. The molecule has 0 saturated heterocycles. The molecule has 1 amide bonds. The summed E-state index contributed by atoms with van der Waals surface area (Å²) in [5, 5.41) is 1.80. The highest BCUT2D eigenvalue weighted by atomic mass is 35.5. The maximum absolute atomic E-state index is 13.0. The van der Waals surface area contributed by atoms with E-state index in [9.17, 15) is 26.4 Å². The van der Waals surface area contributed by atoms with Gasteiger partial charge in [0.15, 0.2) is 0 Å². The van der Waals surface area contributed by atoms with E-state index in [-0.39, 0.29) is 27.9 Å². The van der Waals surface area contributed by atoms with Gasteiger partial charge in [-0.05, 0) is 36.4 Å². The minimum Gasteiger partial charge on any atom is -0.495 e. The van der Waals surface area contributed by atoms with Crippen LogP contribution in [0.3, 0.4) is 0 Å². The number of carbonyl (C=O) groups excluding carboxylic acids is 1. The van der Waals surface area contributed by atoms with Crippen LogP contribution >= 0.6 is 23.2 Å². The number of hydrogen-bond acceptors (Lipinski definition) is 4. The molecule has 0 aliphatic carbocycles. The van der Waals surface area contributed by atoms with Crippen LogP contribution in [-0.4, -0.2) is 38.8 Å². The maximum Gasteiger partial charge on any atom is 0.417 e. The van der Waals surface area contributed by atoms with E-state index in [0.29, 0.717) is 6.07 Å². The van der Waals surface area contributed by atoms with Gasteiger partial charge in [0, 0.05) is 12.2 Å². The number of ether oxygens (including phenoxy) is 1. The van der Waals surface area contributed by atoms with Gasteiger partial charge in [0.1, 0.15) is 5.75 Å². The minimum atomic E-state index is -4.70. The second kappa shape index (κ2) is 9.42. The SMILES string of the molecule is CCN(CC(=O)Nc1ccc(Cl)c(C(F)(F)F)c1)S(=O)(=O)c1ccc(OC)c(Cl)c1. The molecule has 0 aliphatic rings. The lowest BCUT2D eigenvalue weighted by Gasteiger charge is -2.20. The van der Waals surface area contributed by atoms with Gasteiger partial charge in [-0.25, -0.2) is 8.42 Å². The predicted molar refractivity (Wildman–Crippen MR) is 108 cm³/mol. The molecule has 0 saturated carbocycles. The molecule has 0 aliphatic heterocycles. The van der Waals surface area contributed by atoms with Gasteiger partial charge < -0.3 is 10.1 Å². The molecular formula is C18H17Cl2F3N2O4S. The Hall–Kier alpha value is -2.01. The Morgan fingerprint density at radius 1 is 1.13 bits per heavy atom. The van der Waals surface area contributed by atoms with E-state index in [1.54, 1.807) is 0 Å². The van der Waals surface area contributed by atoms with E-state index in [4.69, 9.17) is 27.9 Å². The van der Waals surface area contributed by atoms with Crippen molar-refractivity contribution in [2.45, 2.75) is 18.0 Å². The average molecular weight is 485 g/mol. The first-order valence-corrected chi connectivity index (χ1v) is 10.6. The number of nitrogens with zero attached hydrogens (tertiary/aromatic N) is 1. The van der Waals surface area contributed by atoms with Crippen molar-refractivity contribution >= 4 is 44.8 Å². The highest BCUT2D eigenvalue weighted by molar-refractivity contribution is 7.89. The quantitative estimate of drug-likeness (QED) is 0.619. The molecule has 0 radical (unpaired) electrons. The third-order valence-electron chi connectivity index (χ3n) is 3.99. The molecule has 6 nitrogen and oxygen atoms in total. The second-order valence-corrected chi connectivity index (χ2v) is 8.72. The number of hydrogen-bond donors (Lipinski definition) is 1. The molecule has 1 N–H and O–H groups in total. The lowest BCUT2D eigenvalue weighted by Crippen LogP contribution is -2.37. The van der Waals surface area contributed by atoms with Crippen molar-refractivity contribution in [3.05, 3.63) is 52.0 Å². The van der Waals surface area contributed by atoms with E-state index < -0.39 is 39.2 Å². The van der Waals surface area contributed by atoms with E-state index in [1.807, 2.05) is 0 Å². The summed E-state index contributed by atoms with van der Waals surface area (Å²) in [4.78, 5) is 12.1. The van der Waals surface area contributed by atoms with Crippen LogP contribution in [0.25, 0.3) is 0 Å². The topological polar surface area (TPSA) is 75.7 Å². The van der Waals surface area contributed by atoms with Crippen LogP contribution in [0.15, 0.2) is 41.3 Å². The fourth-order valence-electron chi connectivity index (χ4n) is 2.50. The molecule has 0 atom stereocenters. The van der Waals surface area contributed by atoms with Crippen molar-refractivity contribution in [2.24, 2.45) is 0 Å². The molecule has 0 aromatic heterocycles. The summed E-state index contributed by atoms with van der Waals surface area (Å²) < 4.78 is 70.3. The van der Waals surface area contributed by atoms with Gasteiger partial charge in [-0.3, -0.25) is 4.79 Å². The Kier molecular flexibility index (Phi) is 7.62. The summed E-state index contributed by atoms with van der Waals surface area (Å²) in [5.41, 5.74) is -1.28. The number of benzene rings is 2. The monoisotopic (exact) mass is 484 g/mol. The molecule has 0 heterocycles. The van der Waals surface area contributed by atoms with E-state index in [2.05, 4.69) is 5.32 Å². The van der Waals surface area contributed by atoms with Crippen LogP contribution < -0.4 is 10.1 Å². The van der Waals surface area contributed by atoms with E-state index in [0.717, 1.165) is 10.4 Å². The van der Waals surface area contributed by atoms with Gasteiger partial charge in [0.25, 0.3) is 0 Å². The summed E-state index contributed by atoms with van der Waals surface area (Å²) in [6.45, 7) is 0.834. The van der Waals surface area contributed by atoms with Crippen molar-refractivity contribution in [3.63, 3.8) is 0 Å². The van der Waals surface area contributed by atoms with Crippen LogP contribution in [0.4, 0.5) is 18.9 Å². The van der Waals surface area contributed by atoms with Crippen molar-refractivity contribution in [3.8, 4) is 5.75 Å². The maximum atomic E-state index is 13.0. The molecular weight excluding hydrogens is 468 g/mol. The highest BCUT2D eigenvalue weighted by Gasteiger charge is 2.33. The van der Waals surface area contributed by atoms with Crippen LogP contribution in [0.1, 0.15) is 12.5 Å². The van der Waals surface area contributed by atoms with Gasteiger partial charge in [0.05, 0.1) is 34.2 Å². The van der Waals surface area contributed by atoms with Crippen LogP contribution in [0, 0.1) is 0 Å². The Bertz CT molecular complexity index is 1050. The Balaban J connectivity index is 2.21. The van der Waals surface area contributed by atoms with Crippen molar-refractivity contribution < 1.29 is 31.1 Å². The zero-order valence-corrected chi connectivity index (χ0v) is 18.1. The number of rotatable bonds is 7. The summed E-state index contributed by atoms with van der Waals surface area (Å²) in [5.74, 6) is -0.546. The Labute approximate surface area is 181 Å². The summed E-state index contributed by atoms with van der Waals surface area (Å²) in [7, 11) is -2.72.